The summed E-state index contributed by atoms with van der Waals surface area (Å²) < 4.78 is 0. The van der Waals surface area contributed by atoms with Gasteiger partial charge in [0.2, 0.25) is 0 Å². The van der Waals surface area contributed by atoms with Crippen LogP contribution < -0.4 is 0 Å². The average Bonchev–Trinajstić information content (AvgIpc) is 2.46. The Labute approximate surface area is 124 Å². The highest BCUT2D eigenvalue weighted by molar-refractivity contribution is 6.30. The van der Waals surface area contributed by atoms with E-state index in [2.05, 4.69) is 24.0 Å². The van der Waals surface area contributed by atoms with E-state index in [1.165, 1.54) is 5.56 Å². The summed E-state index contributed by atoms with van der Waals surface area (Å²) in [6, 6.07) is 7.86. The highest BCUT2D eigenvalue weighted by atomic mass is 35.5. The van der Waals surface area contributed by atoms with Crippen LogP contribution in [0.3, 0.4) is 0 Å². The maximum atomic E-state index is 11.0. The minimum atomic E-state index is -0.746. The molecule has 1 aliphatic rings. The second-order valence-electron chi connectivity index (χ2n) is 5.31. The van der Waals surface area contributed by atoms with Crippen LogP contribution in [0.1, 0.15) is 25.5 Å². The smallest absolute Gasteiger partial charge is 0.320 e. The fourth-order valence-corrected chi connectivity index (χ4v) is 2.75. The van der Waals surface area contributed by atoms with Crippen molar-refractivity contribution in [1.29, 1.82) is 0 Å². The van der Waals surface area contributed by atoms with Crippen LogP contribution in [0.15, 0.2) is 24.3 Å². The van der Waals surface area contributed by atoms with Gasteiger partial charge in [-0.1, -0.05) is 23.7 Å². The monoisotopic (exact) mass is 296 g/mol. The fourth-order valence-electron chi connectivity index (χ4n) is 2.62. The lowest BCUT2D eigenvalue weighted by molar-refractivity contribution is -0.143. The van der Waals surface area contributed by atoms with Crippen molar-refractivity contribution < 1.29 is 9.90 Å². The number of rotatable bonds is 4. The Balaban J connectivity index is 1.93. The molecular formula is C15H21ClN2O2. The number of piperazine rings is 1. The lowest BCUT2D eigenvalue weighted by Gasteiger charge is -2.39. The van der Waals surface area contributed by atoms with Crippen molar-refractivity contribution in [3.8, 4) is 0 Å². The molecule has 5 heteroatoms. The first kappa shape index (κ1) is 15.3. The van der Waals surface area contributed by atoms with Crippen LogP contribution in [0, 0.1) is 0 Å². The summed E-state index contributed by atoms with van der Waals surface area (Å²) in [5.41, 5.74) is 1.24. The molecule has 1 fully saturated rings. The molecule has 0 radical (unpaired) electrons. The van der Waals surface area contributed by atoms with Gasteiger partial charge in [0.15, 0.2) is 0 Å². The van der Waals surface area contributed by atoms with E-state index in [1.54, 1.807) is 6.92 Å². The first-order valence-electron chi connectivity index (χ1n) is 6.95. The number of carboxylic acids is 1. The van der Waals surface area contributed by atoms with Gasteiger partial charge in [-0.3, -0.25) is 14.6 Å². The second kappa shape index (κ2) is 6.57. The molecule has 1 heterocycles. The summed E-state index contributed by atoms with van der Waals surface area (Å²) in [6.45, 7) is 7.31. The van der Waals surface area contributed by atoms with Crippen molar-refractivity contribution in [3.05, 3.63) is 34.9 Å². The summed E-state index contributed by atoms with van der Waals surface area (Å²) in [5, 5.41) is 9.80. The second-order valence-corrected chi connectivity index (χ2v) is 5.75. The lowest BCUT2D eigenvalue weighted by atomic mass is 10.1. The number of hydrogen-bond acceptors (Lipinski definition) is 3. The number of aliphatic carboxylic acids is 1. The zero-order valence-electron chi connectivity index (χ0n) is 11.9. The first-order chi connectivity index (χ1) is 9.49. The number of benzene rings is 1. The van der Waals surface area contributed by atoms with Crippen molar-refractivity contribution in [3.63, 3.8) is 0 Å². The molecular weight excluding hydrogens is 276 g/mol. The fraction of sp³-hybridized carbons (Fsp3) is 0.533. The van der Waals surface area contributed by atoms with Gasteiger partial charge in [-0.2, -0.15) is 0 Å². The number of nitrogens with zero attached hydrogens (tertiary/aromatic N) is 2. The van der Waals surface area contributed by atoms with Crippen molar-refractivity contribution in [2.45, 2.75) is 25.9 Å². The van der Waals surface area contributed by atoms with E-state index in [1.807, 2.05) is 17.0 Å². The molecule has 0 saturated carbocycles. The Hall–Kier alpha value is -1.10. The number of hydrogen-bond donors (Lipinski definition) is 1. The van der Waals surface area contributed by atoms with E-state index in [0.29, 0.717) is 6.04 Å². The van der Waals surface area contributed by atoms with Gasteiger partial charge in [0.05, 0.1) is 0 Å². The Kier molecular flexibility index (Phi) is 5.02. The average molecular weight is 297 g/mol. The molecule has 0 aromatic heterocycles. The van der Waals surface area contributed by atoms with Crippen LogP contribution in [0.25, 0.3) is 0 Å². The van der Waals surface area contributed by atoms with Crippen molar-refractivity contribution in [1.82, 2.24) is 9.80 Å². The van der Waals surface area contributed by atoms with E-state index in [0.717, 1.165) is 31.2 Å². The van der Waals surface area contributed by atoms with Gasteiger partial charge in [0, 0.05) is 37.2 Å². The minimum Gasteiger partial charge on any atom is -0.480 e. The highest BCUT2D eigenvalue weighted by Gasteiger charge is 2.27. The highest BCUT2D eigenvalue weighted by Crippen LogP contribution is 2.23. The molecule has 2 atom stereocenters. The van der Waals surface area contributed by atoms with E-state index in [-0.39, 0.29) is 0 Å². The molecule has 0 spiro atoms. The topological polar surface area (TPSA) is 43.8 Å². The van der Waals surface area contributed by atoms with Crippen molar-refractivity contribution in [2.75, 3.05) is 26.2 Å². The Morgan fingerprint density at radius 1 is 1.10 bits per heavy atom. The van der Waals surface area contributed by atoms with E-state index < -0.39 is 12.0 Å². The quantitative estimate of drug-likeness (QED) is 0.927. The molecule has 1 aromatic carbocycles. The van der Waals surface area contributed by atoms with Gasteiger partial charge in [-0.25, -0.2) is 0 Å². The maximum absolute atomic E-state index is 11.0. The Morgan fingerprint density at radius 3 is 2.10 bits per heavy atom. The summed E-state index contributed by atoms with van der Waals surface area (Å²) >= 11 is 5.91. The van der Waals surface area contributed by atoms with E-state index in [9.17, 15) is 4.79 Å². The summed E-state index contributed by atoms with van der Waals surface area (Å²) in [4.78, 5) is 15.4. The van der Waals surface area contributed by atoms with Gasteiger partial charge < -0.3 is 5.11 Å². The molecule has 0 amide bonds. The molecule has 20 heavy (non-hydrogen) atoms. The molecule has 0 aliphatic carbocycles. The zero-order valence-corrected chi connectivity index (χ0v) is 12.7. The van der Waals surface area contributed by atoms with Crippen LogP contribution in [0.5, 0.6) is 0 Å². The van der Waals surface area contributed by atoms with Crippen LogP contribution in [0.2, 0.25) is 5.02 Å². The van der Waals surface area contributed by atoms with Gasteiger partial charge in [-0.15, -0.1) is 0 Å². The van der Waals surface area contributed by atoms with Crippen molar-refractivity contribution in [2.24, 2.45) is 0 Å². The summed E-state index contributed by atoms with van der Waals surface area (Å²) in [7, 11) is 0. The van der Waals surface area contributed by atoms with Crippen LogP contribution in [-0.4, -0.2) is 53.1 Å². The third-order valence-corrected chi connectivity index (χ3v) is 4.41. The molecule has 4 nitrogen and oxygen atoms in total. The summed E-state index contributed by atoms with van der Waals surface area (Å²) in [5.74, 6) is -0.746. The normalized spacial score (nSPS) is 20.6. The predicted molar refractivity (Wildman–Crippen MR) is 80.1 cm³/mol. The van der Waals surface area contributed by atoms with Crippen LogP contribution in [-0.2, 0) is 4.79 Å². The number of halogens is 1. The Bertz CT molecular complexity index is 455. The molecule has 0 unspecified atom stereocenters. The van der Waals surface area contributed by atoms with E-state index >= 15 is 0 Å². The molecule has 1 aliphatic heterocycles. The molecule has 110 valence electrons. The molecule has 1 N–H and O–H groups in total. The zero-order chi connectivity index (χ0) is 14.7. The van der Waals surface area contributed by atoms with Gasteiger partial charge in [0.1, 0.15) is 6.04 Å². The molecule has 1 saturated heterocycles. The molecule has 0 bridgehead atoms. The SMILES string of the molecule is C[C@H](C(=O)O)N1CCN([C@@H](C)c2ccc(Cl)cc2)CC1. The number of carbonyl (C=O) groups is 1. The predicted octanol–water partition coefficient (Wildman–Crippen LogP) is 2.49. The number of carboxylic acid groups (broad SMARTS) is 1. The first-order valence-corrected chi connectivity index (χ1v) is 7.33. The largest absolute Gasteiger partial charge is 0.480 e. The standard InChI is InChI=1S/C15H21ClN2O2/c1-11(13-3-5-14(16)6-4-13)17-7-9-18(10-8-17)12(2)15(19)20/h3-6,11-12H,7-10H2,1-2H3,(H,19,20)/t11-,12+/m0/s1. The minimum absolute atomic E-state index is 0.328. The third kappa shape index (κ3) is 3.51. The van der Waals surface area contributed by atoms with Crippen molar-refractivity contribution >= 4 is 17.6 Å². The van der Waals surface area contributed by atoms with Gasteiger partial charge in [-0.05, 0) is 31.5 Å². The van der Waals surface area contributed by atoms with Gasteiger partial charge in [0.25, 0.3) is 0 Å². The molecule has 2 rings (SSSR count). The molecule has 1 aromatic rings. The third-order valence-electron chi connectivity index (χ3n) is 4.15. The summed E-state index contributed by atoms with van der Waals surface area (Å²) in [6.07, 6.45) is 0. The van der Waals surface area contributed by atoms with Gasteiger partial charge >= 0.3 is 5.97 Å². The van der Waals surface area contributed by atoms with Crippen LogP contribution in [0.4, 0.5) is 0 Å². The van der Waals surface area contributed by atoms with E-state index in [4.69, 9.17) is 16.7 Å². The lowest BCUT2D eigenvalue weighted by Crippen LogP contribution is -2.52. The maximum Gasteiger partial charge on any atom is 0.320 e. The Morgan fingerprint density at radius 2 is 1.60 bits per heavy atom. The van der Waals surface area contributed by atoms with Crippen LogP contribution >= 0.6 is 11.6 Å².